The number of aliphatic hydroxyl groups excluding tert-OH is 1. The van der Waals surface area contributed by atoms with Crippen LogP contribution in [0, 0.1) is 0 Å². The normalized spacial score (nSPS) is 39.0. The van der Waals surface area contributed by atoms with Crippen LogP contribution in [0.1, 0.15) is 32.1 Å². The zero-order valence-corrected chi connectivity index (χ0v) is 7.00. The summed E-state index contributed by atoms with van der Waals surface area (Å²) in [5.74, 6) is 0. The van der Waals surface area contributed by atoms with Gasteiger partial charge in [-0.05, 0) is 12.8 Å². The second kappa shape index (κ2) is 3.11. The molecule has 11 heavy (non-hydrogen) atoms. The summed E-state index contributed by atoms with van der Waals surface area (Å²) in [6, 6.07) is 1.35. The van der Waals surface area contributed by atoms with Crippen molar-refractivity contribution in [1.82, 2.24) is 4.90 Å². The molecule has 1 unspecified atom stereocenters. The van der Waals surface area contributed by atoms with Gasteiger partial charge in [0, 0.05) is 18.6 Å². The third-order valence-corrected chi connectivity index (χ3v) is 3.01. The van der Waals surface area contributed by atoms with Gasteiger partial charge in [0.2, 0.25) is 0 Å². The van der Waals surface area contributed by atoms with Crippen LogP contribution in [0.2, 0.25) is 0 Å². The lowest BCUT2D eigenvalue weighted by atomic mass is 9.95. The van der Waals surface area contributed by atoms with Gasteiger partial charge in [0.15, 0.2) is 0 Å². The number of hydrogen-bond acceptors (Lipinski definition) is 2. The van der Waals surface area contributed by atoms with Crippen LogP contribution in [0.5, 0.6) is 0 Å². The molecule has 0 bridgehead atoms. The average Bonchev–Trinajstić information content (AvgIpc) is 2.85. The highest BCUT2D eigenvalue weighted by Gasteiger charge is 2.38. The maximum Gasteiger partial charge on any atom is 0.0599 e. The highest BCUT2D eigenvalue weighted by atomic mass is 16.3. The first-order valence-electron chi connectivity index (χ1n) is 4.78. The molecule has 2 aliphatic rings. The minimum Gasteiger partial charge on any atom is -0.395 e. The van der Waals surface area contributed by atoms with E-state index in [4.69, 9.17) is 5.11 Å². The lowest BCUT2D eigenvalue weighted by molar-refractivity contribution is 0.229. The third-order valence-electron chi connectivity index (χ3n) is 3.01. The average molecular weight is 155 g/mol. The van der Waals surface area contributed by atoms with Gasteiger partial charge in [-0.25, -0.2) is 0 Å². The van der Waals surface area contributed by atoms with Crippen molar-refractivity contribution in [3.63, 3.8) is 0 Å². The molecule has 0 aromatic rings. The van der Waals surface area contributed by atoms with Crippen LogP contribution in [-0.2, 0) is 0 Å². The Morgan fingerprint density at radius 3 is 2.45 bits per heavy atom. The molecule has 0 aromatic heterocycles. The second-order valence-electron chi connectivity index (χ2n) is 3.83. The molecule has 2 rings (SSSR count). The maximum absolute atomic E-state index is 8.87. The predicted octanol–water partition coefficient (Wildman–Crippen LogP) is 0.996. The van der Waals surface area contributed by atoms with Crippen LogP contribution >= 0.6 is 0 Å². The van der Waals surface area contributed by atoms with Gasteiger partial charge >= 0.3 is 0 Å². The van der Waals surface area contributed by atoms with E-state index >= 15 is 0 Å². The Hall–Kier alpha value is -0.0800. The molecule has 64 valence electrons. The van der Waals surface area contributed by atoms with E-state index in [1.807, 2.05) is 0 Å². The fourth-order valence-corrected chi connectivity index (χ4v) is 2.22. The largest absolute Gasteiger partial charge is 0.395 e. The van der Waals surface area contributed by atoms with Crippen molar-refractivity contribution in [3.8, 4) is 0 Å². The molecule has 1 saturated heterocycles. The molecule has 2 atom stereocenters. The molecule has 1 heterocycles. The third kappa shape index (κ3) is 1.57. The fourth-order valence-electron chi connectivity index (χ4n) is 2.22. The number of rotatable bonds is 2. The lowest BCUT2D eigenvalue weighted by Gasteiger charge is -2.23. The van der Waals surface area contributed by atoms with E-state index in [9.17, 15) is 0 Å². The molecule has 1 aliphatic heterocycles. The summed E-state index contributed by atoms with van der Waals surface area (Å²) < 4.78 is 0. The Labute approximate surface area is 68.2 Å². The molecule has 0 radical (unpaired) electrons. The Morgan fingerprint density at radius 2 is 1.91 bits per heavy atom. The van der Waals surface area contributed by atoms with Gasteiger partial charge in [-0.1, -0.05) is 19.3 Å². The van der Waals surface area contributed by atoms with Gasteiger partial charge in [0.1, 0.15) is 0 Å². The summed E-state index contributed by atoms with van der Waals surface area (Å²) in [7, 11) is 0. The molecule has 0 amide bonds. The van der Waals surface area contributed by atoms with E-state index < -0.39 is 0 Å². The van der Waals surface area contributed by atoms with Crippen LogP contribution in [0.15, 0.2) is 0 Å². The molecule has 0 spiro atoms. The van der Waals surface area contributed by atoms with Gasteiger partial charge in [-0.15, -0.1) is 0 Å². The summed E-state index contributed by atoms with van der Waals surface area (Å²) in [5.41, 5.74) is 0. The first kappa shape index (κ1) is 7.56. The molecule has 2 heteroatoms. The predicted molar refractivity (Wildman–Crippen MR) is 44.5 cm³/mol. The first-order chi connectivity index (χ1) is 5.42. The van der Waals surface area contributed by atoms with Gasteiger partial charge in [0.05, 0.1) is 6.61 Å². The van der Waals surface area contributed by atoms with Crippen molar-refractivity contribution in [1.29, 1.82) is 0 Å². The van der Waals surface area contributed by atoms with Gasteiger partial charge < -0.3 is 5.11 Å². The first-order valence-corrected chi connectivity index (χ1v) is 4.78. The standard InChI is InChI=1S/C9H17NO/c11-7-9-6-10(9)8-4-2-1-3-5-8/h8-9,11H,1-7H2/t9-,10?/m1/s1. The monoisotopic (exact) mass is 155 g/mol. The molecule has 1 aliphatic carbocycles. The van der Waals surface area contributed by atoms with Crippen molar-refractivity contribution in [2.75, 3.05) is 13.2 Å². The summed E-state index contributed by atoms with van der Waals surface area (Å²) in [6.45, 7) is 1.53. The quantitative estimate of drug-likeness (QED) is 0.601. The van der Waals surface area contributed by atoms with Gasteiger partial charge in [-0.3, -0.25) is 4.90 Å². The van der Waals surface area contributed by atoms with Crippen molar-refractivity contribution in [2.24, 2.45) is 0 Å². The topological polar surface area (TPSA) is 23.2 Å². The Balaban J connectivity index is 1.77. The van der Waals surface area contributed by atoms with E-state index in [1.165, 1.54) is 32.1 Å². The zero-order chi connectivity index (χ0) is 7.68. The molecule has 2 fully saturated rings. The number of hydrogen-bond donors (Lipinski definition) is 1. The Kier molecular flexibility index (Phi) is 2.14. The minimum atomic E-state index is 0.372. The molecule has 2 nitrogen and oxygen atoms in total. The van der Waals surface area contributed by atoms with Crippen LogP contribution in [0.3, 0.4) is 0 Å². The lowest BCUT2D eigenvalue weighted by Crippen LogP contribution is -2.24. The molecular weight excluding hydrogens is 138 g/mol. The van der Waals surface area contributed by atoms with E-state index in [-0.39, 0.29) is 0 Å². The summed E-state index contributed by atoms with van der Waals surface area (Å²) >= 11 is 0. The van der Waals surface area contributed by atoms with Crippen LogP contribution in [-0.4, -0.2) is 35.2 Å². The van der Waals surface area contributed by atoms with Crippen molar-refractivity contribution in [3.05, 3.63) is 0 Å². The number of nitrogens with zero attached hydrogens (tertiary/aromatic N) is 1. The van der Waals surface area contributed by atoms with Crippen molar-refractivity contribution >= 4 is 0 Å². The summed E-state index contributed by atoms with van der Waals surface area (Å²) in [4.78, 5) is 2.46. The minimum absolute atomic E-state index is 0.372. The molecule has 1 N–H and O–H groups in total. The van der Waals surface area contributed by atoms with Crippen LogP contribution in [0.4, 0.5) is 0 Å². The van der Waals surface area contributed by atoms with E-state index in [0.717, 1.165) is 12.6 Å². The summed E-state index contributed by atoms with van der Waals surface area (Å²) in [6.07, 6.45) is 6.97. The highest BCUT2D eigenvalue weighted by molar-refractivity contribution is 4.94. The van der Waals surface area contributed by atoms with E-state index in [0.29, 0.717) is 12.6 Å². The molecule has 0 aromatic carbocycles. The highest BCUT2D eigenvalue weighted by Crippen LogP contribution is 2.30. The molecular formula is C9H17NO. The Morgan fingerprint density at radius 1 is 1.18 bits per heavy atom. The number of aliphatic hydroxyl groups is 1. The van der Waals surface area contributed by atoms with Crippen molar-refractivity contribution in [2.45, 2.75) is 44.2 Å². The van der Waals surface area contributed by atoms with E-state index in [2.05, 4.69) is 4.90 Å². The second-order valence-corrected chi connectivity index (χ2v) is 3.83. The molecule has 1 saturated carbocycles. The van der Waals surface area contributed by atoms with Crippen LogP contribution < -0.4 is 0 Å². The van der Waals surface area contributed by atoms with Gasteiger partial charge in [0.25, 0.3) is 0 Å². The Bertz CT molecular complexity index is 132. The SMILES string of the molecule is OC[C@H]1CN1C1CCCCC1. The maximum atomic E-state index is 8.87. The van der Waals surface area contributed by atoms with E-state index in [1.54, 1.807) is 0 Å². The summed E-state index contributed by atoms with van der Waals surface area (Å²) in [5, 5.41) is 8.87. The van der Waals surface area contributed by atoms with Crippen molar-refractivity contribution < 1.29 is 5.11 Å². The van der Waals surface area contributed by atoms with Crippen LogP contribution in [0.25, 0.3) is 0 Å². The van der Waals surface area contributed by atoms with Gasteiger partial charge in [-0.2, -0.15) is 0 Å². The fraction of sp³-hybridized carbons (Fsp3) is 1.00. The smallest absolute Gasteiger partial charge is 0.0599 e. The zero-order valence-electron chi connectivity index (χ0n) is 7.00.